The summed E-state index contributed by atoms with van der Waals surface area (Å²) in [6, 6.07) is 16.7. The Balaban J connectivity index is 1.93. The summed E-state index contributed by atoms with van der Waals surface area (Å²) in [5.74, 6) is 0. The van der Waals surface area contributed by atoms with E-state index in [9.17, 15) is 0 Å². The SMILES string of the molecule is CC1=CC(C)(C)Nc2ccc(Nc3ccccc3)cc21. The molecule has 2 aromatic carbocycles. The quantitative estimate of drug-likeness (QED) is 0.794. The highest BCUT2D eigenvalue weighted by atomic mass is 15.0. The summed E-state index contributed by atoms with van der Waals surface area (Å²) in [5.41, 5.74) is 6.03. The minimum Gasteiger partial charge on any atom is -0.376 e. The summed E-state index contributed by atoms with van der Waals surface area (Å²) in [6.45, 7) is 6.55. The van der Waals surface area contributed by atoms with Gasteiger partial charge in [-0.2, -0.15) is 0 Å². The summed E-state index contributed by atoms with van der Waals surface area (Å²) in [4.78, 5) is 0. The van der Waals surface area contributed by atoms with Gasteiger partial charge in [0.2, 0.25) is 0 Å². The van der Waals surface area contributed by atoms with Crippen LogP contribution in [0.15, 0.2) is 54.6 Å². The van der Waals surface area contributed by atoms with Crippen molar-refractivity contribution in [2.75, 3.05) is 10.6 Å². The summed E-state index contributed by atoms with van der Waals surface area (Å²) in [5, 5.41) is 6.99. The lowest BCUT2D eigenvalue weighted by Gasteiger charge is -2.31. The van der Waals surface area contributed by atoms with Crippen molar-refractivity contribution in [3.63, 3.8) is 0 Å². The van der Waals surface area contributed by atoms with E-state index in [2.05, 4.69) is 67.8 Å². The zero-order valence-corrected chi connectivity index (χ0v) is 12.2. The van der Waals surface area contributed by atoms with E-state index in [1.807, 2.05) is 18.2 Å². The predicted molar refractivity (Wildman–Crippen MR) is 87.5 cm³/mol. The van der Waals surface area contributed by atoms with Crippen LogP contribution in [0.5, 0.6) is 0 Å². The summed E-state index contributed by atoms with van der Waals surface area (Å²) < 4.78 is 0. The maximum absolute atomic E-state index is 3.55. The van der Waals surface area contributed by atoms with Crippen LogP contribution in [0, 0.1) is 0 Å². The summed E-state index contributed by atoms with van der Waals surface area (Å²) >= 11 is 0. The number of nitrogens with one attached hydrogen (secondary N) is 2. The topological polar surface area (TPSA) is 24.1 Å². The highest BCUT2D eigenvalue weighted by Gasteiger charge is 2.22. The number of benzene rings is 2. The van der Waals surface area contributed by atoms with Crippen molar-refractivity contribution in [2.24, 2.45) is 0 Å². The lowest BCUT2D eigenvalue weighted by Crippen LogP contribution is -2.31. The Morgan fingerprint density at radius 3 is 2.45 bits per heavy atom. The molecule has 0 atom stereocenters. The molecule has 2 heteroatoms. The van der Waals surface area contributed by atoms with Crippen molar-refractivity contribution in [1.82, 2.24) is 0 Å². The van der Waals surface area contributed by atoms with Crippen molar-refractivity contribution in [3.05, 3.63) is 60.2 Å². The molecule has 0 aliphatic carbocycles. The summed E-state index contributed by atoms with van der Waals surface area (Å²) in [6.07, 6.45) is 2.28. The molecule has 0 amide bonds. The molecular formula is C18H20N2. The maximum Gasteiger partial charge on any atom is 0.0505 e. The first-order chi connectivity index (χ1) is 9.53. The molecule has 2 aromatic rings. The molecule has 20 heavy (non-hydrogen) atoms. The monoisotopic (exact) mass is 264 g/mol. The molecule has 0 saturated heterocycles. The number of allylic oxidation sites excluding steroid dienone is 1. The van der Waals surface area contributed by atoms with E-state index < -0.39 is 0 Å². The highest BCUT2D eigenvalue weighted by Crippen LogP contribution is 2.35. The van der Waals surface area contributed by atoms with E-state index >= 15 is 0 Å². The van der Waals surface area contributed by atoms with Gasteiger partial charge >= 0.3 is 0 Å². The van der Waals surface area contributed by atoms with Crippen LogP contribution in [-0.2, 0) is 0 Å². The minimum absolute atomic E-state index is 0.0193. The fourth-order valence-corrected chi connectivity index (χ4v) is 2.75. The number of hydrogen-bond acceptors (Lipinski definition) is 2. The van der Waals surface area contributed by atoms with Gasteiger partial charge in [-0.3, -0.25) is 0 Å². The molecular weight excluding hydrogens is 244 g/mol. The molecule has 3 rings (SSSR count). The van der Waals surface area contributed by atoms with Crippen LogP contribution in [0.3, 0.4) is 0 Å². The zero-order chi connectivity index (χ0) is 14.2. The Hall–Kier alpha value is -2.22. The third kappa shape index (κ3) is 2.55. The Labute approximate surface area is 120 Å². The maximum atomic E-state index is 3.55. The molecule has 102 valence electrons. The van der Waals surface area contributed by atoms with Crippen molar-refractivity contribution >= 4 is 22.6 Å². The molecule has 1 heterocycles. The second-order valence-electron chi connectivity index (χ2n) is 5.93. The number of hydrogen-bond donors (Lipinski definition) is 2. The van der Waals surface area contributed by atoms with Gasteiger partial charge in [0.25, 0.3) is 0 Å². The van der Waals surface area contributed by atoms with Crippen LogP contribution in [0.1, 0.15) is 26.3 Å². The molecule has 0 aromatic heterocycles. The van der Waals surface area contributed by atoms with Crippen LogP contribution >= 0.6 is 0 Å². The number of anilines is 3. The lowest BCUT2D eigenvalue weighted by molar-refractivity contribution is 0.707. The fraction of sp³-hybridized carbons (Fsp3) is 0.222. The first-order valence-corrected chi connectivity index (χ1v) is 6.98. The third-order valence-corrected chi connectivity index (χ3v) is 3.54. The lowest BCUT2D eigenvalue weighted by atomic mass is 9.91. The van der Waals surface area contributed by atoms with E-state index in [0.717, 1.165) is 11.4 Å². The van der Waals surface area contributed by atoms with Gasteiger partial charge in [-0.1, -0.05) is 24.3 Å². The number of rotatable bonds is 2. The van der Waals surface area contributed by atoms with Crippen LogP contribution in [0.25, 0.3) is 5.57 Å². The Kier molecular flexibility index (Phi) is 3.01. The standard InChI is InChI=1S/C18H20N2/c1-13-12-18(2,3)20-17-10-9-15(11-16(13)17)19-14-7-5-4-6-8-14/h4-12,19-20H,1-3H3. The van der Waals surface area contributed by atoms with E-state index in [4.69, 9.17) is 0 Å². The van der Waals surface area contributed by atoms with Crippen molar-refractivity contribution < 1.29 is 0 Å². The largest absolute Gasteiger partial charge is 0.376 e. The van der Waals surface area contributed by atoms with Crippen LogP contribution in [0.4, 0.5) is 17.1 Å². The van der Waals surface area contributed by atoms with Gasteiger partial charge in [0.15, 0.2) is 0 Å². The molecule has 0 unspecified atom stereocenters. The molecule has 1 aliphatic rings. The second kappa shape index (κ2) is 4.71. The van der Waals surface area contributed by atoms with Crippen molar-refractivity contribution in [3.8, 4) is 0 Å². The first kappa shape index (κ1) is 12.8. The summed E-state index contributed by atoms with van der Waals surface area (Å²) in [7, 11) is 0. The molecule has 0 bridgehead atoms. The van der Waals surface area contributed by atoms with Gasteiger partial charge in [-0.15, -0.1) is 0 Å². The highest BCUT2D eigenvalue weighted by molar-refractivity contribution is 5.83. The molecule has 0 fully saturated rings. The van der Waals surface area contributed by atoms with Gasteiger partial charge in [-0.25, -0.2) is 0 Å². The van der Waals surface area contributed by atoms with Gasteiger partial charge in [0.05, 0.1) is 5.54 Å². The molecule has 0 spiro atoms. The predicted octanol–water partition coefficient (Wildman–Crippen LogP) is 5.04. The van der Waals surface area contributed by atoms with Gasteiger partial charge in [0.1, 0.15) is 0 Å². The second-order valence-corrected chi connectivity index (χ2v) is 5.93. The third-order valence-electron chi connectivity index (χ3n) is 3.54. The van der Waals surface area contributed by atoms with E-state index in [0.29, 0.717) is 0 Å². The smallest absolute Gasteiger partial charge is 0.0505 e. The average molecular weight is 264 g/mol. The van der Waals surface area contributed by atoms with Crippen molar-refractivity contribution in [1.29, 1.82) is 0 Å². The number of fused-ring (bicyclic) bond motifs is 1. The van der Waals surface area contributed by atoms with Crippen LogP contribution in [0.2, 0.25) is 0 Å². The Morgan fingerprint density at radius 2 is 1.70 bits per heavy atom. The van der Waals surface area contributed by atoms with E-state index in [1.54, 1.807) is 0 Å². The average Bonchev–Trinajstić information content (AvgIpc) is 2.40. The Bertz CT molecular complexity index is 654. The Morgan fingerprint density at radius 1 is 0.950 bits per heavy atom. The zero-order valence-electron chi connectivity index (χ0n) is 12.2. The van der Waals surface area contributed by atoms with Crippen LogP contribution in [-0.4, -0.2) is 5.54 Å². The molecule has 2 N–H and O–H groups in total. The van der Waals surface area contributed by atoms with Gasteiger partial charge < -0.3 is 10.6 Å². The van der Waals surface area contributed by atoms with E-state index in [-0.39, 0.29) is 5.54 Å². The van der Waals surface area contributed by atoms with Gasteiger partial charge in [0, 0.05) is 22.6 Å². The minimum atomic E-state index is 0.0193. The van der Waals surface area contributed by atoms with Crippen molar-refractivity contribution in [2.45, 2.75) is 26.3 Å². The normalized spacial score (nSPS) is 15.8. The fourth-order valence-electron chi connectivity index (χ4n) is 2.75. The van der Waals surface area contributed by atoms with Crippen LogP contribution < -0.4 is 10.6 Å². The van der Waals surface area contributed by atoms with E-state index in [1.165, 1.54) is 16.8 Å². The molecule has 1 aliphatic heterocycles. The molecule has 0 radical (unpaired) electrons. The van der Waals surface area contributed by atoms with Gasteiger partial charge in [-0.05, 0) is 56.7 Å². The first-order valence-electron chi connectivity index (χ1n) is 6.98. The number of para-hydroxylation sites is 1. The molecule has 0 saturated carbocycles. The molecule has 2 nitrogen and oxygen atoms in total.